The van der Waals surface area contributed by atoms with Gasteiger partial charge in [-0.2, -0.15) is 0 Å². The molecule has 0 aromatic carbocycles. The molecule has 2 atom stereocenters. The Labute approximate surface area is 132 Å². The van der Waals surface area contributed by atoms with Crippen molar-refractivity contribution in [2.45, 2.75) is 51.6 Å². The molecule has 0 radical (unpaired) electrons. The molecule has 1 saturated carbocycles. The minimum Gasteiger partial charge on any atom is -0.378 e. The number of anilines is 1. The van der Waals surface area contributed by atoms with Crippen molar-refractivity contribution in [3.8, 4) is 0 Å². The van der Waals surface area contributed by atoms with Crippen LogP contribution < -0.4 is 4.90 Å². The molecule has 1 aliphatic heterocycles. The minimum absolute atomic E-state index is 0.101. The van der Waals surface area contributed by atoms with E-state index in [-0.39, 0.29) is 17.9 Å². The smallest absolute Gasteiger partial charge is 0.230 e. The fourth-order valence-corrected chi connectivity index (χ4v) is 3.24. The van der Waals surface area contributed by atoms with Gasteiger partial charge in [0.15, 0.2) is 0 Å². The summed E-state index contributed by atoms with van der Waals surface area (Å²) >= 11 is 0. The van der Waals surface area contributed by atoms with Crippen LogP contribution in [0.3, 0.4) is 0 Å². The number of ether oxygens (including phenoxy) is 1. The molecule has 0 unspecified atom stereocenters. The van der Waals surface area contributed by atoms with Crippen molar-refractivity contribution in [1.29, 1.82) is 0 Å². The Balaban J connectivity index is 1.71. The maximum atomic E-state index is 13.1. The van der Waals surface area contributed by atoms with Gasteiger partial charge in [0, 0.05) is 25.3 Å². The van der Waals surface area contributed by atoms with Crippen LogP contribution in [0.25, 0.3) is 0 Å². The topological polar surface area (TPSA) is 42.4 Å². The molecule has 120 valence electrons. The fourth-order valence-electron chi connectivity index (χ4n) is 3.24. The van der Waals surface area contributed by atoms with Gasteiger partial charge < -0.3 is 9.64 Å². The Bertz CT molecular complexity index is 485. The van der Waals surface area contributed by atoms with E-state index in [9.17, 15) is 4.79 Å². The van der Waals surface area contributed by atoms with Gasteiger partial charge in [-0.05, 0) is 50.2 Å². The summed E-state index contributed by atoms with van der Waals surface area (Å²) in [6.45, 7) is 3.73. The highest BCUT2D eigenvalue weighted by Gasteiger charge is 2.34. The zero-order chi connectivity index (χ0) is 15.4. The van der Waals surface area contributed by atoms with E-state index in [0.29, 0.717) is 12.5 Å². The van der Waals surface area contributed by atoms with Gasteiger partial charge in [0.05, 0.1) is 18.0 Å². The van der Waals surface area contributed by atoms with Gasteiger partial charge in [0.25, 0.3) is 0 Å². The summed E-state index contributed by atoms with van der Waals surface area (Å²) in [5.74, 6) is 1.05. The van der Waals surface area contributed by atoms with E-state index in [1.165, 1.54) is 12.8 Å². The zero-order valence-electron chi connectivity index (χ0n) is 13.4. The molecule has 2 heterocycles. The number of amides is 1. The number of hydrogen-bond acceptors (Lipinski definition) is 3. The predicted molar refractivity (Wildman–Crippen MR) is 86.7 cm³/mol. The Morgan fingerprint density at radius 1 is 1.41 bits per heavy atom. The van der Waals surface area contributed by atoms with Crippen LogP contribution in [0.5, 0.6) is 0 Å². The number of rotatable bonds is 6. The Morgan fingerprint density at radius 2 is 2.27 bits per heavy atom. The lowest BCUT2D eigenvalue weighted by molar-refractivity contribution is -0.127. The lowest BCUT2D eigenvalue weighted by atomic mass is 9.92. The second-order valence-corrected chi connectivity index (χ2v) is 6.61. The summed E-state index contributed by atoms with van der Waals surface area (Å²) in [4.78, 5) is 19.2. The van der Waals surface area contributed by atoms with Gasteiger partial charge >= 0.3 is 0 Å². The monoisotopic (exact) mass is 302 g/mol. The van der Waals surface area contributed by atoms with Crippen molar-refractivity contribution >= 4 is 11.6 Å². The molecule has 1 aromatic heterocycles. The van der Waals surface area contributed by atoms with E-state index in [4.69, 9.17) is 4.74 Å². The van der Waals surface area contributed by atoms with Crippen LogP contribution in [0.15, 0.2) is 24.5 Å². The van der Waals surface area contributed by atoms with Gasteiger partial charge in [-0.25, -0.2) is 0 Å². The first-order chi connectivity index (χ1) is 10.8. The molecule has 1 aromatic rings. The molecule has 4 heteroatoms. The van der Waals surface area contributed by atoms with Crippen LogP contribution in [0.1, 0.15) is 45.4 Å². The van der Waals surface area contributed by atoms with Gasteiger partial charge in [-0.15, -0.1) is 0 Å². The number of pyridine rings is 1. The third kappa shape index (κ3) is 3.86. The average Bonchev–Trinajstić information content (AvgIpc) is 3.38. The lowest BCUT2D eigenvalue weighted by Crippen LogP contribution is -2.41. The van der Waals surface area contributed by atoms with E-state index in [0.717, 1.165) is 37.9 Å². The van der Waals surface area contributed by atoms with Crippen LogP contribution in [0.2, 0.25) is 0 Å². The normalized spacial score (nSPS) is 25.0. The van der Waals surface area contributed by atoms with Gasteiger partial charge in [0.2, 0.25) is 5.91 Å². The molecule has 0 spiro atoms. The molecule has 4 nitrogen and oxygen atoms in total. The van der Waals surface area contributed by atoms with E-state index in [1.807, 2.05) is 23.2 Å². The molecule has 1 aliphatic carbocycles. The highest BCUT2D eigenvalue weighted by Crippen LogP contribution is 2.33. The molecular formula is C18H26N2O2. The summed E-state index contributed by atoms with van der Waals surface area (Å²) in [6, 6.07) is 3.91. The molecular weight excluding hydrogens is 276 g/mol. The third-order valence-corrected chi connectivity index (χ3v) is 4.69. The van der Waals surface area contributed by atoms with E-state index < -0.39 is 0 Å². The maximum Gasteiger partial charge on any atom is 0.230 e. The lowest BCUT2D eigenvalue weighted by Gasteiger charge is -2.33. The summed E-state index contributed by atoms with van der Waals surface area (Å²) in [6.07, 6.45) is 10.2. The minimum atomic E-state index is 0.101. The van der Waals surface area contributed by atoms with Gasteiger partial charge in [0.1, 0.15) is 0 Å². The largest absolute Gasteiger partial charge is 0.378 e. The first kappa shape index (κ1) is 15.5. The molecule has 1 amide bonds. The summed E-state index contributed by atoms with van der Waals surface area (Å²) in [7, 11) is 0. The first-order valence-corrected chi connectivity index (χ1v) is 8.61. The standard InChI is InChI=1S/C18H26N2O2/c1-2-4-17-11-15(8-10-22-17)18(21)20(13-14-6-7-14)16-5-3-9-19-12-16/h3,5,9,12,14-15,17H,2,4,6-8,10-11,13H2,1H3/t15-,17-/m0/s1. The van der Waals surface area contributed by atoms with Gasteiger partial charge in [-0.1, -0.05) is 13.3 Å². The zero-order valence-corrected chi connectivity index (χ0v) is 13.4. The first-order valence-electron chi connectivity index (χ1n) is 8.61. The van der Waals surface area contributed by atoms with Crippen LogP contribution in [0, 0.1) is 11.8 Å². The molecule has 0 bridgehead atoms. The summed E-state index contributed by atoms with van der Waals surface area (Å²) in [5.41, 5.74) is 0.943. The van der Waals surface area contributed by atoms with Crippen molar-refractivity contribution in [2.24, 2.45) is 11.8 Å². The van der Waals surface area contributed by atoms with Crippen molar-refractivity contribution in [3.05, 3.63) is 24.5 Å². The fraction of sp³-hybridized carbons (Fsp3) is 0.667. The van der Waals surface area contributed by atoms with E-state index in [1.54, 1.807) is 6.20 Å². The maximum absolute atomic E-state index is 13.1. The number of aromatic nitrogens is 1. The Morgan fingerprint density at radius 3 is 2.95 bits per heavy atom. The Hall–Kier alpha value is -1.42. The molecule has 2 fully saturated rings. The number of nitrogens with zero attached hydrogens (tertiary/aromatic N) is 2. The van der Waals surface area contributed by atoms with Crippen LogP contribution in [-0.2, 0) is 9.53 Å². The van der Waals surface area contributed by atoms with Crippen LogP contribution >= 0.6 is 0 Å². The summed E-state index contributed by atoms with van der Waals surface area (Å²) < 4.78 is 5.79. The van der Waals surface area contributed by atoms with Crippen LogP contribution in [0.4, 0.5) is 5.69 Å². The van der Waals surface area contributed by atoms with Crippen molar-refractivity contribution in [1.82, 2.24) is 4.98 Å². The van der Waals surface area contributed by atoms with E-state index in [2.05, 4.69) is 11.9 Å². The molecule has 22 heavy (non-hydrogen) atoms. The molecule has 2 aliphatic rings. The summed E-state index contributed by atoms with van der Waals surface area (Å²) in [5, 5.41) is 0. The van der Waals surface area contributed by atoms with Gasteiger partial charge in [-0.3, -0.25) is 9.78 Å². The van der Waals surface area contributed by atoms with Crippen molar-refractivity contribution in [2.75, 3.05) is 18.1 Å². The molecule has 1 saturated heterocycles. The number of hydrogen-bond donors (Lipinski definition) is 0. The molecule has 3 rings (SSSR count). The Kier molecular flexibility index (Phi) is 5.08. The second-order valence-electron chi connectivity index (χ2n) is 6.61. The predicted octanol–water partition coefficient (Wildman–Crippen LogP) is 3.42. The average molecular weight is 302 g/mol. The number of carbonyl (C=O) groups excluding carboxylic acids is 1. The SMILES string of the molecule is CCC[C@H]1C[C@@H](C(=O)N(CC2CC2)c2cccnc2)CCO1. The number of carbonyl (C=O) groups is 1. The molecule has 0 N–H and O–H groups in total. The second kappa shape index (κ2) is 7.23. The van der Waals surface area contributed by atoms with Crippen molar-refractivity contribution in [3.63, 3.8) is 0 Å². The quantitative estimate of drug-likeness (QED) is 0.808. The van der Waals surface area contributed by atoms with E-state index >= 15 is 0 Å². The highest BCUT2D eigenvalue weighted by atomic mass is 16.5. The third-order valence-electron chi connectivity index (χ3n) is 4.69. The van der Waals surface area contributed by atoms with Crippen LogP contribution in [-0.4, -0.2) is 30.1 Å². The van der Waals surface area contributed by atoms with Crippen molar-refractivity contribution < 1.29 is 9.53 Å². The highest BCUT2D eigenvalue weighted by molar-refractivity contribution is 5.95.